The third-order valence-electron chi connectivity index (χ3n) is 10.6. The summed E-state index contributed by atoms with van der Waals surface area (Å²) in [6.45, 7) is 3.77. The molecule has 4 aromatic carbocycles. The number of amides is 2. The number of aromatic nitrogens is 5. The number of phosphoric acid groups is 1. The number of aryl methyl sites for hydroxylation is 3. The zero-order valence-corrected chi connectivity index (χ0v) is 38.3. The first-order chi connectivity index (χ1) is 32.8. The Kier molecular flexibility index (Phi) is 13.3. The number of ether oxygens (including phenoxy) is 2. The number of anilines is 2. The molecule has 0 aliphatic heterocycles. The Morgan fingerprint density at radius 3 is 2.21 bits per heavy atom. The first-order valence-corrected chi connectivity index (χ1v) is 22.5. The van der Waals surface area contributed by atoms with Crippen LogP contribution in [0, 0.1) is 19.8 Å². The summed E-state index contributed by atoms with van der Waals surface area (Å²) < 4.78 is 69.0. The van der Waals surface area contributed by atoms with Crippen LogP contribution >= 0.6 is 7.82 Å². The molecule has 0 spiro atoms. The van der Waals surface area contributed by atoms with Gasteiger partial charge in [-0.2, -0.15) is 9.79 Å². The fourth-order valence-corrected chi connectivity index (χ4v) is 8.59. The second-order valence-corrected chi connectivity index (χ2v) is 18.0. The van der Waals surface area contributed by atoms with Crippen LogP contribution in [-0.2, 0) is 60.3 Å². The van der Waals surface area contributed by atoms with E-state index in [9.17, 15) is 18.9 Å². The Hall–Kier alpha value is -6.94. The molecule has 0 bridgehead atoms. The molecule has 17 nitrogen and oxygen atoms in total. The maximum atomic E-state index is 14.6. The molecule has 344 valence electrons. The number of hydrogen-bond donors (Lipinski definition) is 2. The smallest absolute Gasteiger partial charge is 0.494 e. The van der Waals surface area contributed by atoms with Crippen molar-refractivity contribution in [2.24, 2.45) is 18.0 Å². The van der Waals surface area contributed by atoms with Gasteiger partial charge in [0.1, 0.15) is 11.2 Å². The van der Waals surface area contributed by atoms with Gasteiger partial charge < -0.3 is 24.6 Å². The number of tetrazole rings is 1. The Balaban J connectivity index is 1.19. The highest BCUT2D eigenvalue weighted by atomic mass is 31.2. The summed E-state index contributed by atoms with van der Waals surface area (Å²) in [6.07, 6.45) is 2.31. The van der Waals surface area contributed by atoms with Crippen molar-refractivity contribution in [2.45, 2.75) is 72.3 Å². The number of rotatable bonds is 19. The quantitative estimate of drug-likeness (QED) is 0.0585. The van der Waals surface area contributed by atoms with Crippen molar-refractivity contribution in [3.05, 3.63) is 142 Å². The molecule has 0 radical (unpaired) electrons. The van der Waals surface area contributed by atoms with Crippen LogP contribution in [0.3, 0.4) is 0 Å². The first-order valence-electron chi connectivity index (χ1n) is 22.6. The normalized spacial score (nSPS) is 13.8. The third kappa shape index (κ3) is 11.7. The molecular formula is C48H53N8O9P. The fraction of sp³-hybridized carbons (Fsp3) is 0.312. The monoisotopic (exact) mass is 919 g/mol. The lowest BCUT2D eigenvalue weighted by atomic mass is 9.78. The van der Waals surface area contributed by atoms with Gasteiger partial charge in [0.2, 0.25) is 5.82 Å². The summed E-state index contributed by atoms with van der Waals surface area (Å²) in [5.74, 6) is -1.72. The molecule has 0 saturated heterocycles. The molecule has 66 heavy (non-hydrogen) atoms. The molecule has 1 aliphatic carbocycles. The minimum absolute atomic E-state index is 0.00410. The molecule has 2 aromatic heterocycles. The average Bonchev–Trinajstić information content (AvgIpc) is 4.06. The number of phosphoric ester groups is 1. The highest BCUT2D eigenvalue weighted by Gasteiger charge is 2.36. The predicted octanol–water partition coefficient (Wildman–Crippen LogP) is 8.03. The lowest BCUT2D eigenvalue weighted by Crippen LogP contribution is -2.30. The third-order valence-corrected chi connectivity index (χ3v) is 11.9. The van der Waals surface area contributed by atoms with E-state index < -0.39 is 44.7 Å². The fourth-order valence-electron chi connectivity index (χ4n) is 7.41. The van der Waals surface area contributed by atoms with E-state index in [-0.39, 0.29) is 59.6 Å². The summed E-state index contributed by atoms with van der Waals surface area (Å²) in [5, 5.41) is 17.4. The van der Waals surface area contributed by atoms with Crippen molar-refractivity contribution < 1.29 is 46.1 Å². The second kappa shape index (κ2) is 20.5. The largest absolute Gasteiger partial charge is 0.530 e. The molecule has 7 rings (SSSR count). The van der Waals surface area contributed by atoms with Crippen molar-refractivity contribution >= 4 is 37.0 Å². The number of benzene rings is 4. The zero-order chi connectivity index (χ0) is 49.5. The number of para-hydroxylation sites is 1. The average molecular weight is 920 g/mol. The molecule has 2 heterocycles. The van der Waals surface area contributed by atoms with Gasteiger partial charge in [-0.25, -0.2) is 4.57 Å². The molecule has 2 N–H and O–H groups in total. The lowest BCUT2D eigenvalue weighted by molar-refractivity contribution is -0.148. The molecule has 18 heteroatoms. The van der Waals surface area contributed by atoms with E-state index in [2.05, 4.69) is 25.7 Å². The zero-order valence-electron chi connectivity index (χ0n) is 40.4. The van der Waals surface area contributed by atoms with E-state index in [1.54, 1.807) is 31.3 Å². The van der Waals surface area contributed by atoms with Crippen LogP contribution in [-0.4, -0.2) is 56.6 Å². The Labute approximate surface area is 387 Å². The van der Waals surface area contributed by atoms with E-state index >= 15 is 0 Å². The minimum Gasteiger partial charge on any atom is -0.494 e. The van der Waals surface area contributed by atoms with Crippen molar-refractivity contribution in [1.82, 2.24) is 30.1 Å². The van der Waals surface area contributed by atoms with Crippen molar-refractivity contribution in [2.75, 3.05) is 19.4 Å². The van der Waals surface area contributed by atoms with Gasteiger partial charge in [0.15, 0.2) is 12.5 Å². The number of nitrogens with one attached hydrogen (secondary N) is 2. The van der Waals surface area contributed by atoms with Crippen LogP contribution in [0.25, 0.3) is 11.4 Å². The van der Waals surface area contributed by atoms with Crippen LogP contribution < -0.4 is 25.4 Å². The van der Waals surface area contributed by atoms with E-state index in [4.69, 9.17) is 27.2 Å². The topological polar surface area (TPSA) is 199 Å². The maximum absolute atomic E-state index is 14.6. The van der Waals surface area contributed by atoms with Gasteiger partial charge in [-0.05, 0) is 72.4 Å². The van der Waals surface area contributed by atoms with Gasteiger partial charge in [-0.3, -0.25) is 28.0 Å². The van der Waals surface area contributed by atoms with Gasteiger partial charge in [0, 0.05) is 40.2 Å². The van der Waals surface area contributed by atoms with Gasteiger partial charge in [0.05, 0.1) is 56.3 Å². The second-order valence-electron chi connectivity index (χ2n) is 16.4. The number of esters is 1. The molecule has 6 aromatic rings. The van der Waals surface area contributed by atoms with Crippen molar-refractivity contribution in [1.29, 1.82) is 0 Å². The molecule has 0 atom stereocenters. The van der Waals surface area contributed by atoms with Gasteiger partial charge in [0.25, 0.3) is 11.8 Å². The lowest BCUT2D eigenvalue weighted by Gasteiger charge is -2.30. The number of carbonyl (C=O) groups excluding carboxylic acids is 3. The van der Waals surface area contributed by atoms with Gasteiger partial charge in [-0.1, -0.05) is 86.6 Å². The molecule has 0 unspecified atom stereocenters. The van der Waals surface area contributed by atoms with Crippen LogP contribution in [0.15, 0.2) is 108 Å². The molecule has 1 saturated carbocycles. The Morgan fingerprint density at radius 1 is 0.924 bits per heavy atom. The predicted molar refractivity (Wildman–Crippen MR) is 246 cm³/mol. The molecular weight excluding hydrogens is 864 g/mol. The Morgan fingerprint density at radius 2 is 1.61 bits per heavy atom. The molecule has 1 fully saturated rings. The summed E-state index contributed by atoms with van der Waals surface area (Å²) in [7, 11) is -1.29. The van der Waals surface area contributed by atoms with E-state index in [0.717, 1.165) is 22.3 Å². The number of nitrogens with zero attached hydrogens (tertiary/aromatic N) is 6. The molecule has 1 aliphatic rings. The number of methoxy groups -OCH3 is 1. The number of hydrogen-bond acceptors (Lipinski definition) is 13. The summed E-state index contributed by atoms with van der Waals surface area (Å²) >= 11 is 0. The SMILES string of the molecule is [2H]C([2H])([2H])NC(=O)c1cn(COC(=O)CC(C)(C)c2c(C)cc(C)cc2OP(=O)(OCc2ccccc2)OCc2ccccc2)c(=NC(=O)C2CC2)cc1Nc1cccc(-c2nnn(C)n2)c1OC. The van der Waals surface area contributed by atoms with Crippen molar-refractivity contribution in [3.63, 3.8) is 0 Å². The molecule has 2 amide bonds. The van der Waals surface area contributed by atoms with Crippen molar-refractivity contribution in [3.8, 4) is 22.9 Å². The van der Waals surface area contributed by atoms with Crippen LogP contribution in [0.5, 0.6) is 11.5 Å². The van der Waals surface area contributed by atoms with Gasteiger partial charge >= 0.3 is 13.8 Å². The maximum Gasteiger partial charge on any atom is 0.530 e. The van der Waals surface area contributed by atoms with Crippen LogP contribution in [0.1, 0.15) is 75.4 Å². The van der Waals surface area contributed by atoms with Crippen LogP contribution in [0.2, 0.25) is 0 Å². The summed E-state index contributed by atoms with van der Waals surface area (Å²) in [6, 6.07) is 28.4. The summed E-state index contributed by atoms with van der Waals surface area (Å²) in [5.41, 5.74) is 3.18. The van der Waals surface area contributed by atoms with Gasteiger partial charge in [-0.15, -0.1) is 10.2 Å². The van der Waals surface area contributed by atoms with Crippen LogP contribution in [0.4, 0.5) is 11.4 Å². The number of carbonyl (C=O) groups is 3. The Bertz CT molecular complexity index is 2910. The minimum atomic E-state index is -4.34. The number of pyridine rings is 1. The van der Waals surface area contributed by atoms with E-state index in [1.165, 1.54) is 28.7 Å². The van der Waals surface area contributed by atoms with E-state index in [0.29, 0.717) is 29.7 Å². The summed E-state index contributed by atoms with van der Waals surface area (Å²) in [4.78, 5) is 46.7. The standard InChI is InChI=1S/C48H53N8O9P/c1-31-23-32(2)43(40(24-31)65-66(60,63-28-33-15-10-8-11-16-33)64-29-34-17-12-9-13-18-34)48(3,4)26-42(57)62-30-56-27-37(47(59)49-5)39(25-41(56)51-46(58)35-21-22-35)50-38-20-14-19-36(44(38)61-7)45-52-54-55(6)53-45/h8-20,23-25,27,35,50H,21-22,26,28-30H2,1-7H3,(H,49,59)/i5D3. The van der Waals surface area contributed by atoms with E-state index in [1.807, 2.05) is 99.7 Å². The first kappa shape index (κ1) is 43.0. The highest BCUT2D eigenvalue weighted by Crippen LogP contribution is 2.53. The highest BCUT2D eigenvalue weighted by molar-refractivity contribution is 7.48.